The summed E-state index contributed by atoms with van der Waals surface area (Å²) in [7, 11) is -2.62. The van der Waals surface area contributed by atoms with Crippen molar-refractivity contribution in [2.24, 2.45) is 0 Å². The fourth-order valence-corrected chi connectivity index (χ4v) is 4.48. The van der Waals surface area contributed by atoms with Crippen LogP contribution in [0.5, 0.6) is 5.75 Å². The predicted molar refractivity (Wildman–Crippen MR) is 95.4 cm³/mol. The number of methoxy groups -OCH3 is 1. The molecule has 0 aliphatic carbocycles. The summed E-state index contributed by atoms with van der Waals surface area (Å²) < 4.78 is 83.5. The van der Waals surface area contributed by atoms with Gasteiger partial charge in [0.25, 0.3) is 0 Å². The highest BCUT2D eigenvalue weighted by atomic mass is 32.2. The molecule has 3 rings (SSSR count). The van der Waals surface area contributed by atoms with Crippen molar-refractivity contribution in [3.63, 3.8) is 0 Å². The van der Waals surface area contributed by atoms with Gasteiger partial charge in [0, 0.05) is 25.2 Å². The molecule has 0 atom stereocenters. The third-order valence-electron chi connectivity index (χ3n) is 4.52. The van der Waals surface area contributed by atoms with Crippen LogP contribution in [0.4, 0.5) is 23.4 Å². The molecular weight excluding hydrogens is 416 g/mol. The maximum absolute atomic E-state index is 13.9. The van der Waals surface area contributed by atoms with Crippen LogP contribution in [0.3, 0.4) is 0 Å². The molecule has 12 heteroatoms. The van der Waals surface area contributed by atoms with Gasteiger partial charge in [0.1, 0.15) is 17.8 Å². The zero-order valence-corrected chi connectivity index (χ0v) is 16.1. The van der Waals surface area contributed by atoms with Crippen LogP contribution in [0.15, 0.2) is 35.5 Å². The largest absolute Gasteiger partial charge is 0.494 e. The van der Waals surface area contributed by atoms with Gasteiger partial charge < -0.3 is 10.1 Å². The maximum Gasteiger partial charge on any atom is 0.433 e. The Morgan fingerprint density at radius 1 is 1.17 bits per heavy atom. The van der Waals surface area contributed by atoms with Crippen molar-refractivity contribution in [3.8, 4) is 5.75 Å². The number of piperidine rings is 1. The van der Waals surface area contributed by atoms with Crippen molar-refractivity contribution in [2.75, 3.05) is 25.5 Å². The van der Waals surface area contributed by atoms with Gasteiger partial charge in [0.05, 0.1) is 12.0 Å². The van der Waals surface area contributed by atoms with E-state index in [4.69, 9.17) is 4.74 Å². The molecule has 1 saturated heterocycles. The minimum Gasteiger partial charge on any atom is -0.494 e. The summed E-state index contributed by atoms with van der Waals surface area (Å²) in [4.78, 5) is 6.79. The van der Waals surface area contributed by atoms with Crippen LogP contribution in [0, 0.1) is 5.82 Å². The Bertz CT molecular complexity index is 977. The molecule has 0 saturated carbocycles. The average molecular weight is 434 g/mol. The van der Waals surface area contributed by atoms with Crippen LogP contribution in [0.1, 0.15) is 18.5 Å². The molecule has 158 valence electrons. The number of nitrogens with one attached hydrogen (secondary N) is 1. The molecule has 7 nitrogen and oxygen atoms in total. The number of anilines is 1. The van der Waals surface area contributed by atoms with Crippen LogP contribution in [0.2, 0.25) is 0 Å². The van der Waals surface area contributed by atoms with Crippen LogP contribution < -0.4 is 10.1 Å². The third kappa shape index (κ3) is 4.75. The van der Waals surface area contributed by atoms with Gasteiger partial charge in [-0.15, -0.1) is 0 Å². The fraction of sp³-hybridized carbons (Fsp3) is 0.412. The van der Waals surface area contributed by atoms with E-state index in [9.17, 15) is 26.0 Å². The second-order valence-electron chi connectivity index (χ2n) is 6.41. The lowest BCUT2D eigenvalue weighted by molar-refractivity contribution is -0.141. The number of rotatable bonds is 5. The first-order valence-corrected chi connectivity index (χ1v) is 10.0. The zero-order chi connectivity index (χ0) is 21.2. The molecule has 1 aliphatic rings. The van der Waals surface area contributed by atoms with Crippen LogP contribution in [-0.4, -0.2) is 48.9 Å². The van der Waals surface area contributed by atoms with Crippen LogP contribution in [-0.2, 0) is 16.2 Å². The van der Waals surface area contributed by atoms with E-state index in [0.29, 0.717) is 12.8 Å². The number of nitrogens with zero attached hydrogens (tertiary/aromatic N) is 3. The van der Waals surface area contributed by atoms with Gasteiger partial charge in [-0.25, -0.2) is 22.8 Å². The number of hydrogen-bond acceptors (Lipinski definition) is 6. The Kier molecular flexibility index (Phi) is 5.94. The van der Waals surface area contributed by atoms with Crippen molar-refractivity contribution < 1.29 is 30.7 Å². The Labute approximate surface area is 164 Å². The van der Waals surface area contributed by atoms with Crippen molar-refractivity contribution in [1.82, 2.24) is 14.3 Å². The highest BCUT2D eigenvalue weighted by molar-refractivity contribution is 7.89. The van der Waals surface area contributed by atoms with E-state index in [1.54, 1.807) is 0 Å². The van der Waals surface area contributed by atoms with E-state index in [2.05, 4.69) is 15.3 Å². The van der Waals surface area contributed by atoms with Gasteiger partial charge >= 0.3 is 6.18 Å². The van der Waals surface area contributed by atoms with E-state index in [-0.39, 0.29) is 35.6 Å². The summed E-state index contributed by atoms with van der Waals surface area (Å²) in [6.07, 6.45) is -3.06. The number of aromatic nitrogens is 2. The van der Waals surface area contributed by atoms with Gasteiger partial charge in [-0.2, -0.15) is 17.5 Å². The monoisotopic (exact) mass is 434 g/mol. The molecular formula is C17H18F4N4O3S. The Balaban J connectivity index is 1.65. The minimum atomic E-state index is -4.58. The minimum absolute atomic E-state index is 0.0193. The van der Waals surface area contributed by atoms with E-state index >= 15 is 0 Å². The van der Waals surface area contributed by atoms with E-state index < -0.39 is 27.7 Å². The molecule has 0 radical (unpaired) electrons. The lowest BCUT2D eigenvalue weighted by Crippen LogP contribution is -2.42. The number of alkyl halides is 3. The number of benzene rings is 1. The fourth-order valence-electron chi connectivity index (χ4n) is 3.00. The topological polar surface area (TPSA) is 84.4 Å². The van der Waals surface area contributed by atoms with Crippen molar-refractivity contribution in [2.45, 2.75) is 30.0 Å². The summed E-state index contributed by atoms with van der Waals surface area (Å²) in [5.41, 5.74) is -1.06. The molecule has 0 bridgehead atoms. The number of sulfonamides is 1. The quantitative estimate of drug-likeness (QED) is 0.729. The molecule has 1 aromatic heterocycles. The highest BCUT2D eigenvalue weighted by Gasteiger charge is 2.34. The van der Waals surface area contributed by atoms with Crippen LogP contribution in [0.25, 0.3) is 0 Å². The van der Waals surface area contributed by atoms with Crippen LogP contribution >= 0.6 is 0 Å². The van der Waals surface area contributed by atoms with E-state index in [1.807, 2.05) is 0 Å². The second-order valence-corrected chi connectivity index (χ2v) is 8.34. The van der Waals surface area contributed by atoms with Gasteiger partial charge in [-0.3, -0.25) is 0 Å². The lowest BCUT2D eigenvalue weighted by atomic mass is 10.1. The molecule has 1 aliphatic heterocycles. The Morgan fingerprint density at radius 2 is 1.86 bits per heavy atom. The second kappa shape index (κ2) is 8.11. The molecule has 2 aromatic rings. The number of ether oxygens (including phenoxy) is 1. The van der Waals surface area contributed by atoms with Gasteiger partial charge in [0.15, 0.2) is 11.6 Å². The summed E-state index contributed by atoms with van der Waals surface area (Å²) in [6.45, 7) is 0.260. The summed E-state index contributed by atoms with van der Waals surface area (Å²) >= 11 is 0. The summed E-state index contributed by atoms with van der Waals surface area (Å²) in [5, 5.41) is 2.88. The predicted octanol–water partition coefficient (Wildman–Crippen LogP) is 2.91. The molecule has 0 amide bonds. The first-order valence-electron chi connectivity index (χ1n) is 8.60. The normalized spacial score (nSPS) is 16.6. The standard InChI is InChI=1S/C17H18F4N4O3S/c1-28-14-3-2-12(8-13(14)18)29(26,27)25-6-4-11(5-7-25)24-16-9-15(17(19,20)21)22-10-23-16/h2-3,8-11H,4-7H2,1H3,(H,22,23,24). The lowest BCUT2D eigenvalue weighted by Gasteiger charge is -2.32. The summed E-state index contributed by atoms with van der Waals surface area (Å²) in [6, 6.07) is 3.96. The smallest absolute Gasteiger partial charge is 0.433 e. The van der Waals surface area contributed by atoms with Gasteiger partial charge in [0.2, 0.25) is 10.0 Å². The Hall–Kier alpha value is -2.47. The highest BCUT2D eigenvalue weighted by Crippen LogP contribution is 2.29. The maximum atomic E-state index is 13.9. The first-order chi connectivity index (χ1) is 13.6. The Morgan fingerprint density at radius 3 is 2.45 bits per heavy atom. The van der Waals surface area contributed by atoms with Crippen molar-refractivity contribution >= 4 is 15.8 Å². The van der Waals surface area contributed by atoms with Gasteiger partial charge in [-0.1, -0.05) is 0 Å². The van der Waals surface area contributed by atoms with Crippen molar-refractivity contribution in [1.29, 1.82) is 0 Å². The molecule has 1 fully saturated rings. The first kappa shape index (κ1) is 21.2. The number of hydrogen-bond donors (Lipinski definition) is 1. The molecule has 0 spiro atoms. The van der Waals surface area contributed by atoms with Crippen molar-refractivity contribution in [3.05, 3.63) is 42.1 Å². The molecule has 0 unspecified atom stereocenters. The molecule has 1 N–H and O–H groups in total. The average Bonchev–Trinajstić information content (AvgIpc) is 2.68. The SMILES string of the molecule is COc1ccc(S(=O)(=O)N2CCC(Nc3cc(C(F)(F)F)ncn3)CC2)cc1F. The summed E-state index contributed by atoms with van der Waals surface area (Å²) in [5.74, 6) is -0.824. The van der Waals surface area contributed by atoms with E-state index in [0.717, 1.165) is 18.5 Å². The molecule has 29 heavy (non-hydrogen) atoms. The van der Waals surface area contributed by atoms with E-state index in [1.165, 1.54) is 23.5 Å². The number of halogens is 4. The third-order valence-corrected chi connectivity index (χ3v) is 6.42. The van der Waals surface area contributed by atoms with Gasteiger partial charge in [-0.05, 0) is 31.0 Å². The molecule has 1 aromatic carbocycles. The zero-order valence-electron chi connectivity index (χ0n) is 15.3. The molecule has 2 heterocycles.